The molecule has 2 rings (SSSR count). The number of rotatable bonds is 1. The average molecular weight is 191 g/mol. The monoisotopic (exact) mass is 191 g/mol. The molecule has 0 saturated heterocycles. The lowest BCUT2D eigenvalue weighted by Crippen LogP contribution is -2.26. The molecule has 0 radical (unpaired) electrons. The van der Waals surface area contributed by atoms with Crippen molar-refractivity contribution in [3.05, 3.63) is 22.8 Å². The molecule has 78 valence electrons. The molecule has 0 spiro atoms. The van der Waals surface area contributed by atoms with Crippen LogP contribution in [0.2, 0.25) is 0 Å². The van der Waals surface area contributed by atoms with Gasteiger partial charge < -0.3 is 5.32 Å². The van der Waals surface area contributed by atoms with Gasteiger partial charge in [0.2, 0.25) is 0 Å². The number of allylic oxidation sites excluding steroid dienone is 1. The summed E-state index contributed by atoms with van der Waals surface area (Å²) in [5, 5.41) is 3.48. The first-order chi connectivity index (χ1) is 6.77. The molecule has 1 unspecified atom stereocenters. The third-order valence-electron chi connectivity index (χ3n) is 3.55. The van der Waals surface area contributed by atoms with Crippen molar-refractivity contribution >= 4 is 0 Å². The van der Waals surface area contributed by atoms with E-state index in [1.807, 2.05) is 0 Å². The maximum absolute atomic E-state index is 3.48. The molecule has 0 saturated carbocycles. The van der Waals surface area contributed by atoms with Crippen molar-refractivity contribution in [2.75, 3.05) is 13.1 Å². The number of hydrogen-bond donors (Lipinski definition) is 1. The Morgan fingerprint density at radius 1 is 1.36 bits per heavy atom. The van der Waals surface area contributed by atoms with Gasteiger partial charge in [-0.05, 0) is 56.2 Å². The van der Waals surface area contributed by atoms with Crippen molar-refractivity contribution in [3.63, 3.8) is 0 Å². The first kappa shape index (κ1) is 9.97. The van der Waals surface area contributed by atoms with Crippen LogP contribution in [-0.2, 0) is 0 Å². The number of nitrogens with one attached hydrogen (secondary N) is 1. The Hall–Kier alpha value is -0.560. The van der Waals surface area contributed by atoms with Gasteiger partial charge in [0.25, 0.3) is 0 Å². The summed E-state index contributed by atoms with van der Waals surface area (Å²) in [6, 6.07) is 0. The molecule has 1 nitrogen and oxygen atoms in total. The van der Waals surface area contributed by atoms with Crippen LogP contribution in [-0.4, -0.2) is 13.1 Å². The van der Waals surface area contributed by atoms with E-state index >= 15 is 0 Å². The SMILES string of the molecule is CC1=C(C2=CCC(C)CC2)CNCC1. The molecule has 0 aromatic carbocycles. The largest absolute Gasteiger partial charge is 0.312 e. The van der Waals surface area contributed by atoms with Gasteiger partial charge in [0, 0.05) is 6.54 Å². The highest BCUT2D eigenvalue weighted by atomic mass is 14.9. The summed E-state index contributed by atoms with van der Waals surface area (Å²) in [4.78, 5) is 0. The highest BCUT2D eigenvalue weighted by Crippen LogP contribution is 2.30. The summed E-state index contributed by atoms with van der Waals surface area (Å²) >= 11 is 0. The van der Waals surface area contributed by atoms with E-state index in [1.165, 1.54) is 32.2 Å². The zero-order valence-corrected chi connectivity index (χ0v) is 9.40. The Bertz CT molecular complexity index is 273. The molecule has 14 heavy (non-hydrogen) atoms. The molecule has 0 fully saturated rings. The van der Waals surface area contributed by atoms with Crippen LogP contribution < -0.4 is 5.32 Å². The second kappa shape index (κ2) is 4.31. The molecule has 0 amide bonds. The summed E-state index contributed by atoms with van der Waals surface area (Å²) in [5.41, 5.74) is 4.86. The molecule has 1 aliphatic carbocycles. The maximum Gasteiger partial charge on any atom is 0.0207 e. The van der Waals surface area contributed by atoms with Crippen molar-refractivity contribution < 1.29 is 0 Å². The van der Waals surface area contributed by atoms with Crippen molar-refractivity contribution in [1.82, 2.24) is 5.32 Å². The average Bonchev–Trinajstić information content (AvgIpc) is 2.20. The molecular formula is C13H21N. The van der Waals surface area contributed by atoms with Crippen molar-refractivity contribution in [2.45, 2.75) is 39.5 Å². The van der Waals surface area contributed by atoms with Gasteiger partial charge in [0.1, 0.15) is 0 Å². The van der Waals surface area contributed by atoms with E-state index < -0.39 is 0 Å². The summed E-state index contributed by atoms with van der Waals surface area (Å²) in [7, 11) is 0. The second-order valence-corrected chi connectivity index (χ2v) is 4.79. The zero-order chi connectivity index (χ0) is 9.97. The molecule has 0 bridgehead atoms. The predicted octanol–water partition coefficient (Wildman–Crippen LogP) is 3.04. The van der Waals surface area contributed by atoms with Crippen LogP contribution in [0.15, 0.2) is 22.8 Å². The van der Waals surface area contributed by atoms with Gasteiger partial charge in [-0.2, -0.15) is 0 Å². The topological polar surface area (TPSA) is 12.0 Å². The molecule has 1 aliphatic heterocycles. The highest BCUT2D eigenvalue weighted by Gasteiger charge is 2.16. The van der Waals surface area contributed by atoms with Crippen molar-refractivity contribution in [1.29, 1.82) is 0 Å². The third kappa shape index (κ3) is 2.09. The van der Waals surface area contributed by atoms with Gasteiger partial charge in [-0.25, -0.2) is 0 Å². The van der Waals surface area contributed by atoms with Gasteiger partial charge in [0.05, 0.1) is 0 Å². The Kier molecular flexibility index (Phi) is 3.07. The van der Waals surface area contributed by atoms with Crippen LogP contribution in [0.4, 0.5) is 0 Å². The molecule has 1 atom stereocenters. The van der Waals surface area contributed by atoms with Crippen molar-refractivity contribution in [2.24, 2.45) is 5.92 Å². The molecule has 2 aliphatic rings. The normalized spacial score (nSPS) is 29.0. The van der Waals surface area contributed by atoms with E-state index in [4.69, 9.17) is 0 Å². The first-order valence-electron chi connectivity index (χ1n) is 5.86. The Labute approximate surface area is 87.3 Å². The number of hydrogen-bond acceptors (Lipinski definition) is 1. The molecule has 0 aromatic heterocycles. The molecule has 1 N–H and O–H groups in total. The Morgan fingerprint density at radius 2 is 2.21 bits per heavy atom. The summed E-state index contributed by atoms with van der Waals surface area (Å²) in [5.74, 6) is 0.899. The molecule has 1 heteroatoms. The lowest BCUT2D eigenvalue weighted by molar-refractivity contribution is 0.512. The smallest absolute Gasteiger partial charge is 0.0207 e. The summed E-state index contributed by atoms with van der Waals surface area (Å²) in [6.45, 7) is 6.92. The van der Waals surface area contributed by atoms with Gasteiger partial charge >= 0.3 is 0 Å². The first-order valence-corrected chi connectivity index (χ1v) is 5.86. The van der Waals surface area contributed by atoms with Crippen LogP contribution in [0.5, 0.6) is 0 Å². The van der Waals surface area contributed by atoms with Crippen LogP contribution in [0.3, 0.4) is 0 Å². The third-order valence-corrected chi connectivity index (χ3v) is 3.55. The summed E-state index contributed by atoms with van der Waals surface area (Å²) < 4.78 is 0. The van der Waals surface area contributed by atoms with E-state index in [0.717, 1.165) is 12.5 Å². The van der Waals surface area contributed by atoms with E-state index in [9.17, 15) is 0 Å². The molecule has 1 heterocycles. The second-order valence-electron chi connectivity index (χ2n) is 4.79. The standard InChI is InChI=1S/C13H21N/c1-10-3-5-12(6-4-10)13-9-14-8-7-11(13)2/h5,10,14H,3-4,6-9H2,1-2H3. The van der Waals surface area contributed by atoms with E-state index in [2.05, 4.69) is 25.2 Å². The van der Waals surface area contributed by atoms with E-state index in [1.54, 1.807) is 16.7 Å². The quantitative estimate of drug-likeness (QED) is 0.671. The van der Waals surface area contributed by atoms with Crippen LogP contribution in [0, 0.1) is 5.92 Å². The fourth-order valence-electron chi connectivity index (χ4n) is 2.42. The van der Waals surface area contributed by atoms with E-state index in [0.29, 0.717) is 0 Å². The minimum absolute atomic E-state index is 0.899. The van der Waals surface area contributed by atoms with Gasteiger partial charge in [-0.1, -0.05) is 18.6 Å². The van der Waals surface area contributed by atoms with Crippen LogP contribution >= 0.6 is 0 Å². The van der Waals surface area contributed by atoms with Crippen molar-refractivity contribution in [3.8, 4) is 0 Å². The zero-order valence-electron chi connectivity index (χ0n) is 9.40. The lowest BCUT2D eigenvalue weighted by atomic mass is 9.85. The van der Waals surface area contributed by atoms with E-state index in [-0.39, 0.29) is 0 Å². The van der Waals surface area contributed by atoms with Gasteiger partial charge in [-0.3, -0.25) is 0 Å². The van der Waals surface area contributed by atoms with Gasteiger partial charge in [-0.15, -0.1) is 0 Å². The molecule has 0 aromatic rings. The lowest BCUT2D eigenvalue weighted by Gasteiger charge is -2.25. The fraction of sp³-hybridized carbons (Fsp3) is 0.692. The minimum Gasteiger partial charge on any atom is -0.312 e. The fourth-order valence-corrected chi connectivity index (χ4v) is 2.42. The minimum atomic E-state index is 0.899. The Morgan fingerprint density at radius 3 is 2.86 bits per heavy atom. The molecular weight excluding hydrogens is 170 g/mol. The highest BCUT2D eigenvalue weighted by molar-refractivity contribution is 5.38. The summed E-state index contributed by atoms with van der Waals surface area (Å²) in [6.07, 6.45) is 7.67. The maximum atomic E-state index is 3.48. The Balaban J connectivity index is 2.14. The predicted molar refractivity (Wildman–Crippen MR) is 61.3 cm³/mol. The van der Waals surface area contributed by atoms with Crippen LogP contribution in [0.1, 0.15) is 39.5 Å². The van der Waals surface area contributed by atoms with Crippen LogP contribution in [0.25, 0.3) is 0 Å². The van der Waals surface area contributed by atoms with Gasteiger partial charge in [0.15, 0.2) is 0 Å².